The minimum absolute atomic E-state index is 0.123. The highest BCUT2D eigenvalue weighted by molar-refractivity contribution is 7.99. The van der Waals surface area contributed by atoms with Gasteiger partial charge in [0.1, 0.15) is 18.5 Å². The topological polar surface area (TPSA) is 41.9 Å². The van der Waals surface area contributed by atoms with Crippen LogP contribution in [0.5, 0.6) is 5.75 Å². The first-order valence-corrected chi connectivity index (χ1v) is 13.1. The highest BCUT2D eigenvalue weighted by Crippen LogP contribution is 2.32. The molecule has 2 aromatic carbocycles. The van der Waals surface area contributed by atoms with Gasteiger partial charge in [-0.3, -0.25) is 4.90 Å². The summed E-state index contributed by atoms with van der Waals surface area (Å²) in [5.41, 5.74) is 3.53. The van der Waals surface area contributed by atoms with Crippen molar-refractivity contribution in [1.29, 1.82) is 0 Å². The Morgan fingerprint density at radius 1 is 1.03 bits per heavy atom. The minimum Gasteiger partial charge on any atom is -0.491 e. The van der Waals surface area contributed by atoms with Gasteiger partial charge < -0.3 is 14.6 Å². The van der Waals surface area contributed by atoms with E-state index in [2.05, 4.69) is 55.1 Å². The van der Waals surface area contributed by atoms with Crippen LogP contribution >= 0.6 is 23.4 Å². The molecule has 1 saturated heterocycles. The van der Waals surface area contributed by atoms with Crippen LogP contribution in [0, 0.1) is 0 Å². The molecule has 4 nitrogen and oxygen atoms in total. The van der Waals surface area contributed by atoms with Crippen molar-refractivity contribution < 1.29 is 14.6 Å². The molecule has 1 aliphatic heterocycles. The van der Waals surface area contributed by atoms with Gasteiger partial charge in [0.05, 0.1) is 6.61 Å². The average molecular weight is 478 g/mol. The van der Waals surface area contributed by atoms with E-state index in [-0.39, 0.29) is 5.41 Å². The van der Waals surface area contributed by atoms with Crippen LogP contribution in [0.4, 0.5) is 0 Å². The van der Waals surface area contributed by atoms with Crippen LogP contribution in [0.15, 0.2) is 48.5 Å². The highest BCUT2D eigenvalue weighted by atomic mass is 35.5. The zero-order chi connectivity index (χ0) is 22.8. The fourth-order valence-electron chi connectivity index (χ4n) is 3.83. The molecule has 1 aliphatic rings. The number of nitrogens with zero attached hydrogens (tertiary/aromatic N) is 1. The van der Waals surface area contributed by atoms with Gasteiger partial charge in [0.25, 0.3) is 0 Å². The maximum atomic E-state index is 10.3. The maximum Gasteiger partial charge on any atom is 0.119 e. The second kappa shape index (κ2) is 12.9. The predicted molar refractivity (Wildman–Crippen MR) is 135 cm³/mol. The molecule has 0 radical (unpaired) electrons. The zero-order valence-electron chi connectivity index (χ0n) is 19.3. The van der Waals surface area contributed by atoms with Crippen LogP contribution in [0.25, 0.3) is 0 Å². The molecule has 0 amide bonds. The number of alkyl halides is 1. The number of halogens is 1. The van der Waals surface area contributed by atoms with Gasteiger partial charge in [-0.25, -0.2) is 0 Å². The summed E-state index contributed by atoms with van der Waals surface area (Å²) >= 11 is 7.67. The lowest BCUT2D eigenvalue weighted by atomic mass is 9.78. The molecule has 0 aromatic heterocycles. The predicted octanol–water partition coefficient (Wildman–Crippen LogP) is 4.95. The molecule has 1 heterocycles. The van der Waals surface area contributed by atoms with E-state index in [1.54, 1.807) is 0 Å². The Labute approximate surface area is 202 Å². The number of benzene rings is 2. The van der Waals surface area contributed by atoms with E-state index in [4.69, 9.17) is 21.1 Å². The molecule has 2 aromatic rings. The van der Waals surface area contributed by atoms with Gasteiger partial charge in [-0.1, -0.05) is 50.2 Å². The van der Waals surface area contributed by atoms with Crippen LogP contribution in [0.3, 0.4) is 0 Å². The number of rotatable bonds is 12. The quantitative estimate of drug-likeness (QED) is 0.346. The molecule has 0 saturated carbocycles. The normalized spacial score (nSPS) is 16.1. The van der Waals surface area contributed by atoms with Crippen molar-refractivity contribution in [3.63, 3.8) is 0 Å². The molecule has 32 heavy (non-hydrogen) atoms. The molecular formula is C26H36ClNO3S. The Balaban J connectivity index is 1.51. The third-order valence-electron chi connectivity index (χ3n) is 5.96. The first-order chi connectivity index (χ1) is 15.5. The summed E-state index contributed by atoms with van der Waals surface area (Å²) < 4.78 is 11.5. The lowest BCUT2D eigenvalue weighted by molar-refractivity contribution is 0.0715. The summed E-state index contributed by atoms with van der Waals surface area (Å²) in [4.78, 5) is 2.31. The monoisotopic (exact) mass is 477 g/mol. The van der Waals surface area contributed by atoms with Gasteiger partial charge in [-0.2, -0.15) is 11.8 Å². The summed E-state index contributed by atoms with van der Waals surface area (Å²) in [5, 5.41) is 10.3. The number of aliphatic hydroxyl groups excluding tert-OH is 1. The Morgan fingerprint density at radius 2 is 1.66 bits per heavy atom. The molecule has 0 aliphatic carbocycles. The highest BCUT2D eigenvalue weighted by Gasteiger charge is 2.23. The molecule has 1 N–H and O–H groups in total. The van der Waals surface area contributed by atoms with Gasteiger partial charge in [-0.15, -0.1) is 11.6 Å². The number of ether oxygens (including phenoxy) is 2. The standard InChI is InChI=1S/C26H36ClNO3S/c1-26(2,22-6-4-21(5-7-22)19-30-15-3-12-27)23-8-10-25(11-9-23)31-20-24(29)18-28-13-16-32-17-14-28/h4-11,24,29H,3,12-20H2,1-2H3. The van der Waals surface area contributed by atoms with Crippen molar-refractivity contribution in [2.75, 3.05) is 50.2 Å². The summed E-state index contributed by atoms with van der Waals surface area (Å²) in [6, 6.07) is 16.9. The first-order valence-electron chi connectivity index (χ1n) is 11.4. The van der Waals surface area contributed by atoms with Crippen LogP contribution in [0.1, 0.15) is 37.0 Å². The van der Waals surface area contributed by atoms with Crippen molar-refractivity contribution in [1.82, 2.24) is 4.90 Å². The molecule has 0 spiro atoms. The van der Waals surface area contributed by atoms with Crippen molar-refractivity contribution >= 4 is 23.4 Å². The van der Waals surface area contributed by atoms with E-state index in [1.165, 1.54) is 16.7 Å². The van der Waals surface area contributed by atoms with Crippen molar-refractivity contribution in [3.8, 4) is 5.75 Å². The lowest BCUT2D eigenvalue weighted by Gasteiger charge is -2.28. The molecular weight excluding hydrogens is 442 g/mol. The van der Waals surface area contributed by atoms with Crippen LogP contribution in [-0.2, 0) is 16.8 Å². The smallest absolute Gasteiger partial charge is 0.119 e. The Morgan fingerprint density at radius 3 is 2.28 bits per heavy atom. The van der Waals surface area contributed by atoms with E-state index in [9.17, 15) is 5.11 Å². The second-order valence-corrected chi connectivity index (χ2v) is 10.4. The molecule has 1 unspecified atom stereocenters. The van der Waals surface area contributed by atoms with E-state index in [0.717, 1.165) is 36.8 Å². The van der Waals surface area contributed by atoms with Gasteiger partial charge in [0.2, 0.25) is 0 Å². The molecule has 1 atom stereocenters. The minimum atomic E-state index is -0.466. The largest absolute Gasteiger partial charge is 0.491 e. The Hall–Kier alpha value is -1.24. The SMILES string of the molecule is CC(C)(c1ccc(COCCCCl)cc1)c1ccc(OCC(O)CN2CCSCC2)cc1. The summed E-state index contributed by atoms with van der Waals surface area (Å²) in [7, 11) is 0. The maximum absolute atomic E-state index is 10.3. The van der Waals surface area contributed by atoms with E-state index in [0.29, 0.717) is 32.2 Å². The zero-order valence-corrected chi connectivity index (χ0v) is 20.8. The third-order valence-corrected chi connectivity index (χ3v) is 7.17. The number of aliphatic hydroxyl groups is 1. The van der Waals surface area contributed by atoms with Gasteiger partial charge in [-0.05, 0) is 35.2 Å². The molecule has 3 rings (SSSR count). The molecule has 1 fully saturated rings. The van der Waals surface area contributed by atoms with Crippen molar-refractivity contribution in [2.24, 2.45) is 0 Å². The van der Waals surface area contributed by atoms with Gasteiger partial charge in [0, 0.05) is 49.0 Å². The Kier molecular flexibility index (Phi) is 10.2. The van der Waals surface area contributed by atoms with Crippen molar-refractivity contribution in [3.05, 3.63) is 65.2 Å². The fourth-order valence-corrected chi connectivity index (χ4v) is 4.91. The number of hydrogen-bond donors (Lipinski definition) is 1. The fraction of sp³-hybridized carbons (Fsp3) is 0.538. The summed E-state index contributed by atoms with van der Waals surface area (Å²) in [5.74, 6) is 3.73. The molecule has 0 bridgehead atoms. The van der Waals surface area contributed by atoms with Gasteiger partial charge >= 0.3 is 0 Å². The molecule has 176 valence electrons. The summed E-state index contributed by atoms with van der Waals surface area (Å²) in [6.45, 7) is 8.87. The van der Waals surface area contributed by atoms with Gasteiger partial charge in [0.15, 0.2) is 0 Å². The number of β-amino-alcohol motifs (C(OH)–C–C–N with tert-alkyl or cyclic N) is 1. The average Bonchev–Trinajstić information content (AvgIpc) is 2.82. The van der Waals surface area contributed by atoms with E-state index >= 15 is 0 Å². The van der Waals surface area contributed by atoms with Crippen LogP contribution in [-0.4, -0.2) is 66.3 Å². The Bertz CT molecular complexity index is 792. The number of hydrogen-bond acceptors (Lipinski definition) is 5. The van der Waals surface area contributed by atoms with Crippen LogP contribution < -0.4 is 4.74 Å². The van der Waals surface area contributed by atoms with Crippen molar-refractivity contribution in [2.45, 2.75) is 38.4 Å². The van der Waals surface area contributed by atoms with E-state index < -0.39 is 6.10 Å². The third kappa shape index (κ3) is 7.67. The lowest BCUT2D eigenvalue weighted by Crippen LogP contribution is -2.40. The summed E-state index contributed by atoms with van der Waals surface area (Å²) in [6.07, 6.45) is 0.412. The second-order valence-electron chi connectivity index (χ2n) is 8.82. The number of thioether (sulfide) groups is 1. The first kappa shape index (κ1) is 25.4. The van der Waals surface area contributed by atoms with Crippen LogP contribution in [0.2, 0.25) is 0 Å². The van der Waals surface area contributed by atoms with E-state index in [1.807, 2.05) is 23.9 Å². The molecule has 6 heteroatoms.